The van der Waals surface area contributed by atoms with Gasteiger partial charge in [0, 0.05) is 19.6 Å². The first-order valence-electron chi connectivity index (χ1n) is 5.66. The van der Waals surface area contributed by atoms with Gasteiger partial charge in [-0.25, -0.2) is 4.39 Å². The highest BCUT2D eigenvalue weighted by Gasteiger charge is 2.25. The molecular weight excluding hydrogens is 189 g/mol. The van der Waals surface area contributed by atoms with Crippen LogP contribution in [0.4, 0.5) is 4.39 Å². The number of likely N-dealkylation sites (tertiary alicyclic amines) is 1. The minimum absolute atomic E-state index is 0.592. The maximum atomic E-state index is 12.5. The number of hydrogen-bond donors (Lipinski definition) is 0. The summed E-state index contributed by atoms with van der Waals surface area (Å²) in [7, 11) is 0. The Bertz CT molecular complexity index is 275. The van der Waals surface area contributed by atoms with Crippen LogP contribution in [0.2, 0.25) is 0 Å². The summed E-state index contributed by atoms with van der Waals surface area (Å²) in [4.78, 5) is 2.12. The highest BCUT2D eigenvalue weighted by molar-refractivity contribution is 5.21. The maximum Gasteiger partial charge on any atom is 0.125 e. The van der Waals surface area contributed by atoms with Crippen LogP contribution in [0.1, 0.15) is 25.0 Å². The van der Waals surface area contributed by atoms with Gasteiger partial charge in [-0.1, -0.05) is 43.7 Å². The lowest BCUT2D eigenvalue weighted by Crippen LogP contribution is -2.47. The van der Waals surface area contributed by atoms with E-state index in [1.54, 1.807) is 0 Å². The standard InChI is InChI=1S/C11H14FN.C2H6/c1-9-2-4-10(5-3-9)6-13-7-11(12)8-13;1-2/h2-5,11H,6-8H2,1H3;1-2H3. The van der Waals surface area contributed by atoms with Crippen LogP contribution in [0.25, 0.3) is 0 Å². The first-order chi connectivity index (χ1) is 7.24. The number of hydrogen-bond acceptors (Lipinski definition) is 1. The third-order valence-electron chi connectivity index (χ3n) is 2.44. The van der Waals surface area contributed by atoms with Gasteiger partial charge in [-0.2, -0.15) is 0 Å². The Labute approximate surface area is 91.9 Å². The fourth-order valence-electron chi connectivity index (χ4n) is 1.59. The number of halogens is 1. The third kappa shape index (κ3) is 3.63. The summed E-state index contributed by atoms with van der Waals surface area (Å²) in [6, 6.07) is 8.42. The second kappa shape index (κ2) is 5.86. The number of rotatable bonds is 2. The second-order valence-corrected chi connectivity index (χ2v) is 3.78. The third-order valence-corrected chi connectivity index (χ3v) is 2.44. The molecule has 1 aliphatic rings. The summed E-state index contributed by atoms with van der Waals surface area (Å²) in [5.41, 5.74) is 2.55. The van der Waals surface area contributed by atoms with Gasteiger partial charge in [0.25, 0.3) is 0 Å². The van der Waals surface area contributed by atoms with Crippen LogP contribution in [0, 0.1) is 6.92 Å². The summed E-state index contributed by atoms with van der Waals surface area (Å²) in [6.07, 6.45) is -0.592. The van der Waals surface area contributed by atoms with Crippen molar-refractivity contribution in [1.82, 2.24) is 4.90 Å². The van der Waals surface area contributed by atoms with Crippen LogP contribution in [0.5, 0.6) is 0 Å². The Morgan fingerprint density at radius 3 is 2.20 bits per heavy atom. The van der Waals surface area contributed by atoms with E-state index in [2.05, 4.69) is 36.1 Å². The van der Waals surface area contributed by atoms with Crippen molar-refractivity contribution in [3.63, 3.8) is 0 Å². The van der Waals surface area contributed by atoms with Gasteiger partial charge in [0.05, 0.1) is 0 Å². The molecule has 1 nitrogen and oxygen atoms in total. The molecule has 1 aromatic carbocycles. The van der Waals surface area contributed by atoms with Gasteiger partial charge in [-0.3, -0.25) is 4.90 Å². The zero-order valence-corrected chi connectivity index (χ0v) is 9.83. The molecule has 1 heterocycles. The Hall–Kier alpha value is -0.890. The molecule has 0 saturated carbocycles. The van der Waals surface area contributed by atoms with Gasteiger partial charge in [0.15, 0.2) is 0 Å². The van der Waals surface area contributed by atoms with E-state index in [4.69, 9.17) is 0 Å². The topological polar surface area (TPSA) is 3.24 Å². The predicted octanol–water partition coefficient (Wildman–Crippen LogP) is 3.17. The molecule has 0 unspecified atom stereocenters. The first kappa shape index (κ1) is 12.2. The monoisotopic (exact) mass is 209 g/mol. The van der Waals surface area contributed by atoms with E-state index in [1.807, 2.05) is 13.8 Å². The van der Waals surface area contributed by atoms with Gasteiger partial charge >= 0.3 is 0 Å². The second-order valence-electron chi connectivity index (χ2n) is 3.78. The number of aryl methyl sites for hydroxylation is 1. The van der Waals surface area contributed by atoms with Gasteiger partial charge in [-0.05, 0) is 12.5 Å². The van der Waals surface area contributed by atoms with Gasteiger partial charge in [-0.15, -0.1) is 0 Å². The highest BCUT2D eigenvalue weighted by Crippen LogP contribution is 2.15. The molecule has 0 spiro atoms. The summed E-state index contributed by atoms with van der Waals surface area (Å²) < 4.78 is 12.5. The quantitative estimate of drug-likeness (QED) is 0.723. The smallest absolute Gasteiger partial charge is 0.125 e. The van der Waals surface area contributed by atoms with Crippen molar-refractivity contribution in [2.24, 2.45) is 0 Å². The van der Waals surface area contributed by atoms with Crippen LogP contribution in [0.3, 0.4) is 0 Å². The molecule has 0 N–H and O–H groups in total. The summed E-state index contributed by atoms with van der Waals surface area (Å²) in [5.74, 6) is 0. The van der Waals surface area contributed by atoms with Crippen LogP contribution < -0.4 is 0 Å². The Balaban J connectivity index is 0.000000531. The first-order valence-corrected chi connectivity index (χ1v) is 5.66. The van der Waals surface area contributed by atoms with Crippen molar-refractivity contribution < 1.29 is 4.39 Å². The van der Waals surface area contributed by atoms with E-state index in [0.717, 1.165) is 6.54 Å². The summed E-state index contributed by atoms with van der Waals surface area (Å²) in [6.45, 7) is 8.17. The van der Waals surface area contributed by atoms with Crippen molar-refractivity contribution >= 4 is 0 Å². The maximum absolute atomic E-state index is 12.5. The van der Waals surface area contributed by atoms with Gasteiger partial charge < -0.3 is 0 Å². The normalized spacial score (nSPS) is 16.5. The number of benzene rings is 1. The van der Waals surface area contributed by atoms with Crippen LogP contribution in [-0.2, 0) is 6.54 Å². The largest absolute Gasteiger partial charge is 0.293 e. The van der Waals surface area contributed by atoms with Crippen molar-refractivity contribution in [3.05, 3.63) is 35.4 Å². The molecule has 15 heavy (non-hydrogen) atoms. The zero-order chi connectivity index (χ0) is 11.3. The molecule has 0 radical (unpaired) electrons. The molecule has 1 saturated heterocycles. The fourth-order valence-corrected chi connectivity index (χ4v) is 1.59. The molecule has 1 aliphatic heterocycles. The molecule has 1 fully saturated rings. The molecule has 0 aliphatic carbocycles. The highest BCUT2D eigenvalue weighted by atomic mass is 19.1. The molecule has 0 aromatic heterocycles. The predicted molar refractivity (Wildman–Crippen MR) is 62.7 cm³/mol. The minimum Gasteiger partial charge on any atom is -0.293 e. The average Bonchev–Trinajstić information content (AvgIpc) is 2.22. The SMILES string of the molecule is CC.Cc1ccc(CN2CC(F)C2)cc1. The van der Waals surface area contributed by atoms with E-state index in [1.165, 1.54) is 11.1 Å². The lowest BCUT2D eigenvalue weighted by Gasteiger charge is -2.34. The van der Waals surface area contributed by atoms with Gasteiger partial charge in [0.1, 0.15) is 6.17 Å². The van der Waals surface area contributed by atoms with Crippen molar-refractivity contribution in [2.75, 3.05) is 13.1 Å². The molecule has 0 atom stereocenters. The van der Waals surface area contributed by atoms with E-state index in [0.29, 0.717) is 13.1 Å². The van der Waals surface area contributed by atoms with E-state index < -0.39 is 6.17 Å². The molecule has 84 valence electrons. The lowest BCUT2D eigenvalue weighted by atomic mass is 10.1. The van der Waals surface area contributed by atoms with E-state index >= 15 is 0 Å². The van der Waals surface area contributed by atoms with Crippen molar-refractivity contribution in [3.8, 4) is 0 Å². The van der Waals surface area contributed by atoms with Gasteiger partial charge in [0.2, 0.25) is 0 Å². The van der Waals surface area contributed by atoms with Crippen LogP contribution in [0.15, 0.2) is 24.3 Å². The number of alkyl halides is 1. The lowest BCUT2D eigenvalue weighted by molar-refractivity contribution is 0.0591. The fraction of sp³-hybridized carbons (Fsp3) is 0.538. The van der Waals surface area contributed by atoms with Crippen LogP contribution >= 0.6 is 0 Å². The molecule has 0 bridgehead atoms. The minimum atomic E-state index is -0.592. The Morgan fingerprint density at radius 2 is 1.73 bits per heavy atom. The molecule has 1 aromatic rings. The van der Waals surface area contributed by atoms with E-state index in [-0.39, 0.29) is 0 Å². The Kier molecular flexibility index (Phi) is 4.76. The molecule has 2 heteroatoms. The van der Waals surface area contributed by atoms with Crippen molar-refractivity contribution in [2.45, 2.75) is 33.5 Å². The summed E-state index contributed by atoms with van der Waals surface area (Å²) >= 11 is 0. The van der Waals surface area contributed by atoms with Crippen LogP contribution in [-0.4, -0.2) is 24.2 Å². The molecular formula is C13H20FN. The molecule has 0 amide bonds. The average molecular weight is 209 g/mol. The Morgan fingerprint density at radius 1 is 1.20 bits per heavy atom. The zero-order valence-electron chi connectivity index (χ0n) is 9.83. The van der Waals surface area contributed by atoms with Crippen molar-refractivity contribution in [1.29, 1.82) is 0 Å². The van der Waals surface area contributed by atoms with E-state index in [9.17, 15) is 4.39 Å². The molecule has 2 rings (SSSR count). The summed E-state index contributed by atoms with van der Waals surface area (Å²) in [5, 5.41) is 0. The number of nitrogens with zero attached hydrogens (tertiary/aromatic N) is 1.